The van der Waals surface area contributed by atoms with Crippen molar-refractivity contribution in [2.45, 2.75) is 33.3 Å². The zero-order chi connectivity index (χ0) is 11.9. The first kappa shape index (κ1) is 14.0. The van der Waals surface area contributed by atoms with E-state index in [1.807, 2.05) is 20.8 Å². The lowest BCUT2D eigenvalue weighted by Crippen LogP contribution is -2.30. The molecule has 0 aliphatic heterocycles. The van der Waals surface area contributed by atoms with Crippen LogP contribution in [-0.4, -0.2) is 30.4 Å². The molecule has 15 heavy (non-hydrogen) atoms. The third kappa shape index (κ3) is 5.42. The third-order valence-electron chi connectivity index (χ3n) is 2.25. The van der Waals surface area contributed by atoms with Crippen LogP contribution in [0.3, 0.4) is 0 Å². The minimum atomic E-state index is -0.806. The average Bonchev–Trinajstić information content (AvgIpc) is 2.22. The zero-order valence-electron chi connectivity index (χ0n) is 9.66. The maximum Gasteiger partial charge on any atom is 0.311 e. The molecule has 0 bridgehead atoms. The Morgan fingerprint density at radius 1 is 1.53 bits per heavy atom. The summed E-state index contributed by atoms with van der Waals surface area (Å²) in [5.74, 6) is -0.303. The maximum atomic E-state index is 11.5. The number of aliphatic hydroxyl groups is 1. The van der Waals surface area contributed by atoms with Gasteiger partial charge < -0.3 is 14.6 Å². The molecule has 0 aromatic heterocycles. The largest absolute Gasteiger partial charge is 0.499 e. The molecule has 1 unspecified atom stereocenters. The van der Waals surface area contributed by atoms with Crippen LogP contribution in [0, 0.1) is 5.41 Å². The van der Waals surface area contributed by atoms with Crippen molar-refractivity contribution >= 4 is 5.97 Å². The fraction of sp³-hybridized carbons (Fsp3) is 0.727. The van der Waals surface area contributed by atoms with Crippen LogP contribution in [0.15, 0.2) is 12.8 Å². The van der Waals surface area contributed by atoms with E-state index in [2.05, 4.69) is 6.58 Å². The lowest BCUT2D eigenvalue weighted by molar-refractivity contribution is -0.157. The molecule has 0 saturated heterocycles. The fourth-order valence-electron chi connectivity index (χ4n) is 0.739. The van der Waals surface area contributed by atoms with E-state index < -0.39 is 11.5 Å². The fourth-order valence-corrected chi connectivity index (χ4v) is 0.739. The SMILES string of the molecule is C=COCC(O)COC(=O)C(C)(C)CC. The molecule has 88 valence electrons. The quantitative estimate of drug-likeness (QED) is 0.517. The van der Waals surface area contributed by atoms with E-state index >= 15 is 0 Å². The molecule has 0 spiro atoms. The van der Waals surface area contributed by atoms with Crippen molar-refractivity contribution in [1.82, 2.24) is 0 Å². The van der Waals surface area contributed by atoms with Crippen molar-refractivity contribution in [2.24, 2.45) is 5.41 Å². The summed E-state index contributed by atoms with van der Waals surface area (Å²) in [4.78, 5) is 11.5. The minimum absolute atomic E-state index is 0.0455. The molecule has 0 fully saturated rings. The highest BCUT2D eigenvalue weighted by Crippen LogP contribution is 2.21. The highest BCUT2D eigenvalue weighted by molar-refractivity contribution is 5.75. The van der Waals surface area contributed by atoms with Gasteiger partial charge in [0.15, 0.2) is 0 Å². The van der Waals surface area contributed by atoms with Crippen LogP contribution in [0.1, 0.15) is 27.2 Å². The van der Waals surface area contributed by atoms with Gasteiger partial charge in [-0.3, -0.25) is 4.79 Å². The van der Waals surface area contributed by atoms with Gasteiger partial charge in [-0.2, -0.15) is 0 Å². The van der Waals surface area contributed by atoms with Crippen molar-refractivity contribution in [3.8, 4) is 0 Å². The lowest BCUT2D eigenvalue weighted by Gasteiger charge is -2.21. The molecule has 0 rings (SSSR count). The Kier molecular flexibility index (Phi) is 6.01. The number of esters is 1. The predicted octanol–water partition coefficient (Wildman–Crippen LogP) is 1.49. The minimum Gasteiger partial charge on any atom is -0.499 e. The van der Waals surface area contributed by atoms with Crippen LogP contribution >= 0.6 is 0 Å². The van der Waals surface area contributed by atoms with E-state index in [-0.39, 0.29) is 19.2 Å². The van der Waals surface area contributed by atoms with Crippen molar-refractivity contribution in [3.63, 3.8) is 0 Å². The summed E-state index contributed by atoms with van der Waals surface area (Å²) in [5, 5.41) is 9.32. The molecule has 0 heterocycles. The highest BCUT2D eigenvalue weighted by Gasteiger charge is 2.27. The highest BCUT2D eigenvalue weighted by atomic mass is 16.5. The second-order valence-electron chi connectivity index (χ2n) is 3.99. The van der Waals surface area contributed by atoms with Gasteiger partial charge in [-0.05, 0) is 20.3 Å². The number of ether oxygens (including phenoxy) is 2. The van der Waals surface area contributed by atoms with Gasteiger partial charge in [0, 0.05) is 0 Å². The van der Waals surface area contributed by atoms with Gasteiger partial charge in [-0.1, -0.05) is 13.5 Å². The topological polar surface area (TPSA) is 55.8 Å². The van der Waals surface area contributed by atoms with E-state index in [1.165, 1.54) is 6.26 Å². The van der Waals surface area contributed by atoms with E-state index in [4.69, 9.17) is 9.47 Å². The summed E-state index contributed by atoms with van der Waals surface area (Å²) in [6, 6.07) is 0. The second-order valence-corrected chi connectivity index (χ2v) is 3.99. The number of rotatable bonds is 7. The summed E-state index contributed by atoms with van der Waals surface area (Å²) in [6.07, 6.45) is 1.13. The average molecular weight is 216 g/mol. The Morgan fingerprint density at radius 3 is 2.60 bits per heavy atom. The second kappa shape index (κ2) is 6.45. The van der Waals surface area contributed by atoms with Crippen molar-refractivity contribution in [3.05, 3.63) is 12.8 Å². The lowest BCUT2D eigenvalue weighted by atomic mass is 9.91. The number of hydrogen-bond acceptors (Lipinski definition) is 4. The number of carbonyl (C=O) groups is 1. The molecule has 0 amide bonds. The molecule has 4 heteroatoms. The Morgan fingerprint density at radius 2 is 2.13 bits per heavy atom. The maximum absolute atomic E-state index is 11.5. The first-order valence-corrected chi connectivity index (χ1v) is 5.01. The molecule has 1 N–H and O–H groups in total. The first-order chi connectivity index (χ1) is 6.94. The van der Waals surface area contributed by atoms with Gasteiger partial charge in [-0.15, -0.1) is 0 Å². The molecule has 0 aromatic rings. The Labute approximate surface area is 90.9 Å². The van der Waals surface area contributed by atoms with Crippen molar-refractivity contribution in [2.75, 3.05) is 13.2 Å². The smallest absolute Gasteiger partial charge is 0.311 e. The molecule has 0 saturated carbocycles. The summed E-state index contributed by atoms with van der Waals surface area (Å²) in [7, 11) is 0. The molecule has 0 aromatic carbocycles. The van der Waals surface area contributed by atoms with Gasteiger partial charge in [-0.25, -0.2) is 0 Å². The van der Waals surface area contributed by atoms with Crippen LogP contribution in [0.25, 0.3) is 0 Å². The normalized spacial score (nSPS) is 13.1. The Bertz CT molecular complexity index is 211. The van der Waals surface area contributed by atoms with Gasteiger partial charge >= 0.3 is 5.97 Å². The van der Waals surface area contributed by atoms with Gasteiger partial charge in [0.1, 0.15) is 19.3 Å². The summed E-state index contributed by atoms with van der Waals surface area (Å²) in [6.45, 7) is 8.91. The third-order valence-corrected chi connectivity index (χ3v) is 2.25. The molecule has 4 nitrogen and oxygen atoms in total. The Hall–Kier alpha value is -1.03. The summed E-state index contributed by atoms with van der Waals surface area (Å²) in [5.41, 5.74) is -0.501. The number of carbonyl (C=O) groups excluding carboxylic acids is 1. The summed E-state index contributed by atoms with van der Waals surface area (Å²) < 4.78 is 9.72. The zero-order valence-corrected chi connectivity index (χ0v) is 9.66. The molecular weight excluding hydrogens is 196 g/mol. The molecule has 1 atom stereocenters. The van der Waals surface area contributed by atoms with E-state index in [9.17, 15) is 9.90 Å². The van der Waals surface area contributed by atoms with Crippen molar-refractivity contribution in [1.29, 1.82) is 0 Å². The molecule has 0 aliphatic rings. The van der Waals surface area contributed by atoms with E-state index in [0.29, 0.717) is 6.42 Å². The molecule has 0 aliphatic carbocycles. The van der Waals surface area contributed by atoms with Crippen molar-refractivity contribution < 1.29 is 19.4 Å². The summed E-state index contributed by atoms with van der Waals surface area (Å²) >= 11 is 0. The van der Waals surface area contributed by atoms with Crippen LogP contribution in [0.4, 0.5) is 0 Å². The predicted molar refractivity (Wildman–Crippen MR) is 57.2 cm³/mol. The standard InChI is InChI=1S/C11H20O4/c1-5-11(3,4)10(13)15-8-9(12)7-14-6-2/h6,9,12H,2,5,7-8H2,1,3-4H3. The monoisotopic (exact) mass is 216 g/mol. The Balaban J connectivity index is 3.85. The van der Waals surface area contributed by atoms with Crippen LogP contribution in [0.2, 0.25) is 0 Å². The van der Waals surface area contributed by atoms with Crippen LogP contribution < -0.4 is 0 Å². The number of hydrogen-bond donors (Lipinski definition) is 1. The van der Waals surface area contributed by atoms with Gasteiger partial charge in [0.05, 0.1) is 11.7 Å². The number of aliphatic hydroxyl groups excluding tert-OH is 1. The molecule has 0 radical (unpaired) electrons. The van der Waals surface area contributed by atoms with Gasteiger partial charge in [0.2, 0.25) is 0 Å². The van der Waals surface area contributed by atoms with E-state index in [1.54, 1.807) is 0 Å². The van der Waals surface area contributed by atoms with E-state index in [0.717, 1.165) is 0 Å². The first-order valence-electron chi connectivity index (χ1n) is 5.01. The van der Waals surface area contributed by atoms with Gasteiger partial charge in [0.25, 0.3) is 0 Å². The van der Waals surface area contributed by atoms with Crippen LogP contribution in [0.5, 0.6) is 0 Å². The van der Waals surface area contributed by atoms with Crippen LogP contribution in [-0.2, 0) is 14.3 Å². The molecular formula is C11H20O4.